The van der Waals surface area contributed by atoms with Crippen LogP contribution in [0.4, 0.5) is 0 Å². The SMILES string of the molecule is C=CCCCCN(C)C(=O)C1CCC[C@H]1C(=O)NC1(C(=O)O)CC1. The third-order valence-electron chi connectivity index (χ3n) is 5.22. The summed E-state index contributed by atoms with van der Waals surface area (Å²) in [5.41, 5.74) is -1.08. The summed E-state index contributed by atoms with van der Waals surface area (Å²) in [7, 11) is 1.78. The van der Waals surface area contributed by atoms with Crippen molar-refractivity contribution in [2.75, 3.05) is 13.6 Å². The minimum atomic E-state index is -1.08. The molecule has 2 N–H and O–H groups in total. The van der Waals surface area contributed by atoms with E-state index >= 15 is 0 Å². The normalized spacial score (nSPS) is 24.2. The van der Waals surface area contributed by atoms with Gasteiger partial charge in [-0.1, -0.05) is 12.5 Å². The second-order valence-corrected chi connectivity index (χ2v) is 7.06. The van der Waals surface area contributed by atoms with E-state index in [1.165, 1.54) is 0 Å². The summed E-state index contributed by atoms with van der Waals surface area (Å²) in [6.07, 6.45) is 7.86. The third kappa shape index (κ3) is 4.16. The lowest BCUT2D eigenvalue weighted by Gasteiger charge is -2.25. The standard InChI is InChI=1S/C18H28N2O4/c1-3-4-5-6-12-20(2)16(22)14-9-7-8-13(14)15(21)19-18(10-11-18)17(23)24/h3,13-14H,1,4-12H2,2H3,(H,19,21)(H,23,24)/t13-,14?/m1/s1. The van der Waals surface area contributed by atoms with Crippen LogP contribution in [0.3, 0.4) is 0 Å². The molecule has 6 heteroatoms. The molecular weight excluding hydrogens is 308 g/mol. The monoisotopic (exact) mass is 336 g/mol. The summed E-state index contributed by atoms with van der Waals surface area (Å²) >= 11 is 0. The number of carbonyl (C=O) groups excluding carboxylic acids is 2. The van der Waals surface area contributed by atoms with Crippen LogP contribution in [0, 0.1) is 11.8 Å². The highest BCUT2D eigenvalue weighted by Crippen LogP contribution is 2.38. The van der Waals surface area contributed by atoms with Crippen molar-refractivity contribution >= 4 is 17.8 Å². The number of carboxylic acids is 1. The number of hydrogen-bond donors (Lipinski definition) is 2. The highest BCUT2D eigenvalue weighted by molar-refractivity contribution is 5.93. The van der Waals surface area contributed by atoms with Crippen molar-refractivity contribution in [1.29, 1.82) is 0 Å². The van der Waals surface area contributed by atoms with Crippen LogP contribution in [-0.4, -0.2) is 46.9 Å². The number of hydrogen-bond acceptors (Lipinski definition) is 3. The van der Waals surface area contributed by atoms with Crippen LogP contribution in [0.25, 0.3) is 0 Å². The predicted octanol–water partition coefficient (Wildman–Crippen LogP) is 1.95. The molecule has 2 saturated carbocycles. The number of nitrogens with zero attached hydrogens (tertiary/aromatic N) is 1. The first-order valence-corrected chi connectivity index (χ1v) is 8.82. The smallest absolute Gasteiger partial charge is 0.329 e. The van der Waals surface area contributed by atoms with E-state index in [4.69, 9.17) is 0 Å². The number of unbranched alkanes of at least 4 members (excludes halogenated alkanes) is 2. The fourth-order valence-corrected chi connectivity index (χ4v) is 3.45. The second-order valence-electron chi connectivity index (χ2n) is 7.06. The van der Waals surface area contributed by atoms with E-state index in [9.17, 15) is 19.5 Å². The average molecular weight is 336 g/mol. The Morgan fingerprint density at radius 2 is 1.92 bits per heavy atom. The Hall–Kier alpha value is -1.85. The fraction of sp³-hybridized carbons (Fsp3) is 0.722. The molecule has 2 atom stereocenters. The zero-order chi connectivity index (χ0) is 17.7. The maximum atomic E-state index is 12.6. The summed E-state index contributed by atoms with van der Waals surface area (Å²) in [4.78, 5) is 38.1. The summed E-state index contributed by atoms with van der Waals surface area (Å²) in [5.74, 6) is -1.96. The third-order valence-corrected chi connectivity index (χ3v) is 5.22. The van der Waals surface area contributed by atoms with Crippen LogP contribution in [0.2, 0.25) is 0 Å². The zero-order valence-electron chi connectivity index (χ0n) is 14.4. The van der Waals surface area contributed by atoms with Gasteiger partial charge in [-0.15, -0.1) is 6.58 Å². The first-order chi connectivity index (χ1) is 11.4. The zero-order valence-corrected chi connectivity index (χ0v) is 14.4. The largest absolute Gasteiger partial charge is 0.480 e. The molecular formula is C18H28N2O4. The van der Waals surface area contributed by atoms with E-state index in [1.807, 2.05) is 6.08 Å². The Bertz CT molecular complexity index is 513. The van der Waals surface area contributed by atoms with Gasteiger partial charge in [-0.3, -0.25) is 9.59 Å². The van der Waals surface area contributed by atoms with Gasteiger partial charge in [0.2, 0.25) is 11.8 Å². The van der Waals surface area contributed by atoms with Gasteiger partial charge in [-0.25, -0.2) is 4.79 Å². The lowest BCUT2D eigenvalue weighted by atomic mass is 9.93. The molecule has 6 nitrogen and oxygen atoms in total. The van der Waals surface area contributed by atoms with Crippen molar-refractivity contribution in [3.63, 3.8) is 0 Å². The van der Waals surface area contributed by atoms with Crippen molar-refractivity contribution in [3.8, 4) is 0 Å². The van der Waals surface area contributed by atoms with Gasteiger partial charge in [0.25, 0.3) is 0 Å². The second kappa shape index (κ2) is 7.81. The van der Waals surface area contributed by atoms with Gasteiger partial charge < -0.3 is 15.3 Å². The Morgan fingerprint density at radius 3 is 2.50 bits per heavy atom. The number of allylic oxidation sites excluding steroid dienone is 1. The van der Waals surface area contributed by atoms with Gasteiger partial charge in [0.1, 0.15) is 5.54 Å². The minimum Gasteiger partial charge on any atom is -0.480 e. The number of carbonyl (C=O) groups is 3. The number of carboxylic acid groups (broad SMARTS) is 1. The Balaban J connectivity index is 1.89. The molecule has 2 fully saturated rings. The minimum absolute atomic E-state index is 0.00595. The Kier molecular flexibility index (Phi) is 6.02. The average Bonchev–Trinajstić information content (AvgIpc) is 3.17. The lowest BCUT2D eigenvalue weighted by Crippen LogP contribution is -2.48. The number of nitrogens with one attached hydrogen (secondary N) is 1. The first kappa shape index (κ1) is 18.5. The molecule has 0 aliphatic heterocycles. The molecule has 2 aliphatic rings. The van der Waals surface area contributed by atoms with Crippen molar-refractivity contribution in [2.45, 2.75) is 56.9 Å². The molecule has 134 valence electrons. The van der Waals surface area contributed by atoms with Gasteiger partial charge in [-0.2, -0.15) is 0 Å². The topological polar surface area (TPSA) is 86.7 Å². The predicted molar refractivity (Wildman–Crippen MR) is 90.3 cm³/mol. The molecule has 0 radical (unpaired) electrons. The van der Waals surface area contributed by atoms with E-state index in [-0.39, 0.29) is 17.7 Å². The van der Waals surface area contributed by atoms with Crippen molar-refractivity contribution in [3.05, 3.63) is 12.7 Å². The van der Waals surface area contributed by atoms with Crippen LogP contribution in [0.5, 0.6) is 0 Å². The quantitative estimate of drug-likeness (QED) is 0.498. The molecule has 0 spiro atoms. The summed E-state index contributed by atoms with van der Waals surface area (Å²) in [6.45, 7) is 4.36. The van der Waals surface area contributed by atoms with E-state index < -0.39 is 17.4 Å². The van der Waals surface area contributed by atoms with E-state index in [2.05, 4.69) is 11.9 Å². The van der Waals surface area contributed by atoms with E-state index in [0.717, 1.165) is 25.7 Å². The summed E-state index contributed by atoms with van der Waals surface area (Å²) < 4.78 is 0. The van der Waals surface area contributed by atoms with Crippen molar-refractivity contribution < 1.29 is 19.5 Å². The van der Waals surface area contributed by atoms with Gasteiger partial charge in [0.15, 0.2) is 0 Å². The number of rotatable bonds is 9. The van der Waals surface area contributed by atoms with Crippen molar-refractivity contribution in [2.24, 2.45) is 11.8 Å². The maximum Gasteiger partial charge on any atom is 0.329 e. The van der Waals surface area contributed by atoms with E-state index in [1.54, 1.807) is 11.9 Å². The highest BCUT2D eigenvalue weighted by Gasteiger charge is 2.53. The Labute approximate surface area is 143 Å². The van der Waals surface area contributed by atoms with Crippen LogP contribution in [-0.2, 0) is 14.4 Å². The molecule has 2 aliphatic carbocycles. The molecule has 0 aromatic rings. The van der Waals surface area contributed by atoms with Crippen LogP contribution >= 0.6 is 0 Å². The fourth-order valence-electron chi connectivity index (χ4n) is 3.45. The van der Waals surface area contributed by atoms with Gasteiger partial charge in [-0.05, 0) is 44.9 Å². The van der Waals surface area contributed by atoms with Crippen LogP contribution < -0.4 is 5.32 Å². The van der Waals surface area contributed by atoms with Gasteiger partial charge >= 0.3 is 5.97 Å². The Morgan fingerprint density at radius 1 is 1.25 bits per heavy atom. The highest BCUT2D eigenvalue weighted by atomic mass is 16.4. The molecule has 0 aromatic heterocycles. The maximum absolute atomic E-state index is 12.6. The van der Waals surface area contributed by atoms with Crippen molar-refractivity contribution in [1.82, 2.24) is 10.2 Å². The first-order valence-electron chi connectivity index (χ1n) is 8.82. The molecule has 0 saturated heterocycles. The van der Waals surface area contributed by atoms with E-state index in [0.29, 0.717) is 32.2 Å². The lowest BCUT2D eigenvalue weighted by molar-refractivity contribution is -0.145. The number of amides is 2. The van der Waals surface area contributed by atoms with Gasteiger partial charge in [0.05, 0.1) is 0 Å². The molecule has 0 aromatic carbocycles. The summed E-state index contributed by atoms with van der Waals surface area (Å²) in [5, 5.41) is 11.9. The van der Waals surface area contributed by atoms with Gasteiger partial charge in [0, 0.05) is 25.4 Å². The molecule has 0 bridgehead atoms. The molecule has 2 rings (SSSR count). The van der Waals surface area contributed by atoms with Crippen LogP contribution in [0.1, 0.15) is 51.4 Å². The molecule has 1 unspecified atom stereocenters. The summed E-state index contributed by atoms with van der Waals surface area (Å²) in [6, 6.07) is 0. The molecule has 0 heterocycles. The number of aliphatic carboxylic acids is 1. The molecule has 24 heavy (non-hydrogen) atoms. The van der Waals surface area contributed by atoms with Crippen LogP contribution in [0.15, 0.2) is 12.7 Å². The molecule has 2 amide bonds.